The topological polar surface area (TPSA) is 61.4 Å². The smallest absolute Gasteiger partial charge is 0.211 e. The number of nitrogens with zero attached hydrogens (tertiary/aromatic N) is 1. The predicted octanol–water partition coefficient (Wildman–Crippen LogP) is 1.31. The van der Waals surface area contributed by atoms with Crippen LogP contribution in [0.1, 0.15) is 52.4 Å². The molecule has 0 bridgehead atoms. The van der Waals surface area contributed by atoms with E-state index in [0.29, 0.717) is 12.1 Å². The molecule has 5 nitrogen and oxygen atoms in total. The van der Waals surface area contributed by atoms with E-state index in [-0.39, 0.29) is 11.8 Å². The van der Waals surface area contributed by atoms with E-state index < -0.39 is 10.0 Å². The van der Waals surface area contributed by atoms with Gasteiger partial charge in [-0.15, -0.1) is 0 Å². The summed E-state index contributed by atoms with van der Waals surface area (Å²) >= 11 is 0. The van der Waals surface area contributed by atoms with Crippen LogP contribution in [-0.4, -0.2) is 56.8 Å². The Morgan fingerprint density at radius 1 is 1.19 bits per heavy atom. The summed E-state index contributed by atoms with van der Waals surface area (Å²) in [6, 6.07) is 1.24. The van der Waals surface area contributed by atoms with Crippen molar-refractivity contribution in [2.45, 2.75) is 70.5 Å². The van der Waals surface area contributed by atoms with Gasteiger partial charge in [0.25, 0.3) is 0 Å². The molecule has 124 valence electrons. The fourth-order valence-electron chi connectivity index (χ4n) is 3.45. The zero-order valence-electron chi connectivity index (χ0n) is 13.5. The van der Waals surface area contributed by atoms with Crippen molar-refractivity contribution in [2.75, 3.05) is 25.4 Å². The van der Waals surface area contributed by atoms with Gasteiger partial charge >= 0.3 is 0 Å². The van der Waals surface area contributed by atoms with Gasteiger partial charge in [0.2, 0.25) is 10.0 Å². The number of hydrogen-bond acceptors (Lipinski definition) is 4. The summed E-state index contributed by atoms with van der Waals surface area (Å²) < 4.78 is 27.2. The van der Waals surface area contributed by atoms with Crippen molar-refractivity contribution in [1.29, 1.82) is 0 Å². The summed E-state index contributed by atoms with van der Waals surface area (Å²) in [7, 11) is -3.11. The zero-order chi connectivity index (χ0) is 15.3. The quantitative estimate of drug-likeness (QED) is 0.663. The van der Waals surface area contributed by atoms with Crippen molar-refractivity contribution in [3.63, 3.8) is 0 Å². The third-order valence-electron chi connectivity index (χ3n) is 4.56. The lowest BCUT2D eigenvalue weighted by molar-refractivity contribution is 0.176. The molecular weight excluding hydrogens is 286 g/mol. The molecule has 0 spiro atoms. The molecule has 2 heterocycles. The Bertz CT molecular complexity index is 411. The van der Waals surface area contributed by atoms with Gasteiger partial charge in [-0.05, 0) is 58.2 Å². The molecule has 6 heteroatoms. The Morgan fingerprint density at radius 2 is 2.00 bits per heavy atom. The molecule has 2 N–H and O–H groups in total. The fourth-order valence-corrected chi connectivity index (χ4v) is 4.88. The van der Waals surface area contributed by atoms with Crippen LogP contribution in [0.5, 0.6) is 0 Å². The van der Waals surface area contributed by atoms with Crippen LogP contribution >= 0.6 is 0 Å². The average molecular weight is 317 g/mol. The van der Waals surface area contributed by atoms with Crippen LogP contribution in [0.3, 0.4) is 0 Å². The first-order valence-corrected chi connectivity index (χ1v) is 10.1. The van der Waals surface area contributed by atoms with E-state index in [1.807, 2.05) is 0 Å². The highest BCUT2D eigenvalue weighted by atomic mass is 32.2. The van der Waals surface area contributed by atoms with Gasteiger partial charge in [0.05, 0.1) is 5.75 Å². The molecule has 0 saturated carbocycles. The van der Waals surface area contributed by atoms with E-state index in [4.69, 9.17) is 0 Å². The van der Waals surface area contributed by atoms with Gasteiger partial charge in [-0.25, -0.2) is 13.1 Å². The highest BCUT2D eigenvalue weighted by Gasteiger charge is 2.33. The molecule has 2 aliphatic heterocycles. The summed E-state index contributed by atoms with van der Waals surface area (Å²) in [6.07, 6.45) is 6.11. The van der Waals surface area contributed by atoms with Gasteiger partial charge in [0.1, 0.15) is 0 Å². The molecule has 2 atom stereocenters. The molecule has 0 aromatic rings. The Kier molecular flexibility index (Phi) is 6.47. The van der Waals surface area contributed by atoms with Crippen molar-refractivity contribution in [3.05, 3.63) is 0 Å². The lowest BCUT2D eigenvalue weighted by Crippen LogP contribution is -2.47. The Labute approximate surface area is 129 Å². The van der Waals surface area contributed by atoms with Crippen LogP contribution in [0.25, 0.3) is 0 Å². The monoisotopic (exact) mass is 317 g/mol. The van der Waals surface area contributed by atoms with Crippen molar-refractivity contribution < 1.29 is 8.42 Å². The Balaban J connectivity index is 1.66. The first-order chi connectivity index (χ1) is 9.96. The van der Waals surface area contributed by atoms with Gasteiger partial charge in [-0.1, -0.05) is 13.8 Å². The number of fused-ring (bicyclic) bond motifs is 1. The highest BCUT2D eigenvalue weighted by molar-refractivity contribution is 7.89. The molecule has 2 rings (SSSR count). The molecule has 2 fully saturated rings. The molecule has 0 aromatic carbocycles. The second-order valence-electron chi connectivity index (χ2n) is 6.81. The van der Waals surface area contributed by atoms with Crippen molar-refractivity contribution in [2.24, 2.45) is 0 Å². The predicted molar refractivity (Wildman–Crippen MR) is 86.9 cm³/mol. The first kappa shape index (κ1) is 17.2. The van der Waals surface area contributed by atoms with Gasteiger partial charge in [-0.2, -0.15) is 0 Å². The number of sulfonamides is 1. The number of nitrogens with one attached hydrogen (secondary N) is 2. The maximum absolute atomic E-state index is 12.1. The number of hydrogen-bond donors (Lipinski definition) is 2. The second kappa shape index (κ2) is 7.90. The van der Waals surface area contributed by atoms with Crippen molar-refractivity contribution in [1.82, 2.24) is 14.9 Å². The SMILES string of the molecule is CC(C)NCCCCS(=O)(=O)NC1CCN2CCCC2C1. The van der Waals surface area contributed by atoms with Gasteiger partial charge in [0.15, 0.2) is 0 Å². The van der Waals surface area contributed by atoms with Crippen LogP contribution in [0.4, 0.5) is 0 Å². The Morgan fingerprint density at radius 3 is 2.76 bits per heavy atom. The lowest BCUT2D eigenvalue weighted by atomic mass is 9.99. The largest absolute Gasteiger partial charge is 0.315 e. The second-order valence-corrected chi connectivity index (χ2v) is 8.68. The summed E-state index contributed by atoms with van der Waals surface area (Å²) in [5, 5.41) is 3.32. The summed E-state index contributed by atoms with van der Waals surface area (Å²) in [5.41, 5.74) is 0. The third-order valence-corrected chi connectivity index (χ3v) is 6.08. The van der Waals surface area contributed by atoms with E-state index in [9.17, 15) is 8.42 Å². The molecule has 0 aliphatic carbocycles. The summed E-state index contributed by atoms with van der Waals surface area (Å²) in [5.74, 6) is 0.262. The first-order valence-electron chi connectivity index (χ1n) is 8.44. The maximum Gasteiger partial charge on any atom is 0.211 e. The van der Waals surface area contributed by atoms with E-state index in [1.54, 1.807) is 0 Å². The van der Waals surface area contributed by atoms with Gasteiger partial charge < -0.3 is 10.2 Å². The number of piperidine rings is 1. The number of rotatable bonds is 8. The molecule has 2 unspecified atom stereocenters. The van der Waals surface area contributed by atoms with Crippen LogP contribution in [0, 0.1) is 0 Å². The maximum atomic E-state index is 12.1. The van der Waals surface area contributed by atoms with E-state index >= 15 is 0 Å². The van der Waals surface area contributed by atoms with Crippen LogP contribution < -0.4 is 10.0 Å². The molecule has 0 radical (unpaired) electrons. The van der Waals surface area contributed by atoms with Crippen LogP contribution in [-0.2, 0) is 10.0 Å². The third kappa shape index (κ3) is 5.85. The van der Waals surface area contributed by atoms with Crippen molar-refractivity contribution in [3.8, 4) is 0 Å². The molecule has 2 saturated heterocycles. The lowest BCUT2D eigenvalue weighted by Gasteiger charge is -2.34. The average Bonchev–Trinajstić information content (AvgIpc) is 2.84. The fraction of sp³-hybridized carbons (Fsp3) is 1.00. The van der Waals surface area contributed by atoms with E-state index in [0.717, 1.165) is 38.8 Å². The normalized spacial score (nSPS) is 27.2. The highest BCUT2D eigenvalue weighted by Crippen LogP contribution is 2.27. The van der Waals surface area contributed by atoms with Gasteiger partial charge in [0, 0.05) is 18.1 Å². The number of unbranched alkanes of at least 4 members (excludes halogenated alkanes) is 1. The van der Waals surface area contributed by atoms with E-state index in [1.165, 1.54) is 19.4 Å². The molecule has 0 aromatic heterocycles. The summed E-state index contributed by atoms with van der Waals surface area (Å²) in [6.45, 7) is 7.36. The standard InChI is InChI=1S/C15H31N3O2S/c1-13(2)16-8-3-4-11-21(19,20)17-14-7-10-18-9-5-6-15(18)12-14/h13-17H,3-12H2,1-2H3. The van der Waals surface area contributed by atoms with E-state index in [2.05, 4.69) is 28.8 Å². The minimum absolute atomic E-state index is 0.156. The van der Waals surface area contributed by atoms with Crippen LogP contribution in [0.2, 0.25) is 0 Å². The Hall–Kier alpha value is -0.170. The minimum atomic E-state index is -3.11. The summed E-state index contributed by atoms with van der Waals surface area (Å²) in [4.78, 5) is 2.52. The molecule has 0 amide bonds. The minimum Gasteiger partial charge on any atom is -0.315 e. The van der Waals surface area contributed by atoms with Gasteiger partial charge in [-0.3, -0.25) is 0 Å². The molecule has 21 heavy (non-hydrogen) atoms. The van der Waals surface area contributed by atoms with Crippen molar-refractivity contribution >= 4 is 10.0 Å². The molecule has 2 aliphatic rings. The zero-order valence-corrected chi connectivity index (χ0v) is 14.3. The van der Waals surface area contributed by atoms with Crippen LogP contribution in [0.15, 0.2) is 0 Å². The molecular formula is C15H31N3O2S.